The van der Waals surface area contributed by atoms with E-state index in [-0.39, 0.29) is 0 Å². The third kappa shape index (κ3) is 3.78. The number of aryl methyl sites for hydroxylation is 1. The van der Waals surface area contributed by atoms with Gasteiger partial charge in [-0.25, -0.2) is 0 Å². The molecule has 0 radical (unpaired) electrons. The van der Waals surface area contributed by atoms with Crippen LogP contribution in [0.15, 0.2) is 28.8 Å². The van der Waals surface area contributed by atoms with E-state index in [1.807, 2.05) is 10.6 Å². The molecule has 0 atom stereocenters. The van der Waals surface area contributed by atoms with Crippen LogP contribution in [0.5, 0.6) is 0 Å². The van der Waals surface area contributed by atoms with Gasteiger partial charge in [-0.1, -0.05) is 6.07 Å². The summed E-state index contributed by atoms with van der Waals surface area (Å²) < 4.78 is 2.00. The third-order valence-corrected chi connectivity index (χ3v) is 3.56. The molecule has 102 valence electrons. The fourth-order valence-electron chi connectivity index (χ4n) is 1.65. The van der Waals surface area contributed by atoms with Gasteiger partial charge >= 0.3 is 0 Å². The summed E-state index contributed by atoms with van der Waals surface area (Å²) in [6.45, 7) is 4.32. The van der Waals surface area contributed by atoms with Crippen molar-refractivity contribution < 1.29 is 0 Å². The van der Waals surface area contributed by atoms with Crippen molar-refractivity contribution in [1.82, 2.24) is 25.4 Å². The average Bonchev–Trinajstić information content (AvgIpc) is 3.09. The standard InChI is InChI=1S/C12H18N6S/c1-3-18-9-16-17-11(18)8-15-12(13-2)14-7-10-5-4-6-19-10/h4-6,9H,3,7-8H2,1-2H3,(H2,13,14,15). The van der Waals surface area contributed by atoms with Gasteiger partial charge in [0.2, 0.25) is 0 Å². The average molecular weight is 278 g/mol. The zero-order valence-electron chi connectivity index (χ0n) is 11.1. The highest BCUT2D eigenvalue weighted by atomic mass is 32.1. The minimum atomic E-state index is 0.609. The van der Waals surface area contributed by atoms with E-state index in [9.17, 15) is 0 Å². The number of aliphatic imine (C=N–C) groups is 1. The first kappa shape index (κ1) is 13.5. The topological polar surface area (TPSA) is 67.1 Å². The molecule has 19 heavy (non-hydrogen) atoms. The van der Waals surface area contributed by atoms with Crippen LogP contribution < -0.4 is 10.6 Å². The molecule has 0 bridgehead atoms. The van der Waals surface area contributed by atoms with Gasteiger partial charge in [-0.05, 0) is 18.4 Å². The van der Waals surface area contributed by atoms with E-state index in [1.165, 1.54) is 4.88 Å². The van der Waals surface area contributed by atoms with Crippen molar-refractivity contribution >= 4 is 17.3 Å². The molecule has 0 aliphatic carbocycles. The summed E-state index contributed by atoms with van der Waals surface area (Å²) in [5, 5.41) is 16.5. The number of guanidine groups is 1. The fourth-order valence-corrected chi connectivity index (χ4v) is 2.29. The van der Waals surface area contributed by atoms with Crippen LogP contribution in [-0.2, 0) is 19.6 Å². The van der Waals surface area contributed by atoms with Crippen molar-refractivity contribution in [2.75, 3.05) is 7.05 Å². The molecule has 2 rings (SSSR count). The summed E-state index contributed by atoms with van der Waals surface area (Å²) in [5.74, 6) is 1.67. The molecule has 2 aromatic rings. The van der Waals surface area contributed by atoms with Crippen molar-refractivity contribution in [3.05, 3.63) is 34.5 Å². The Morgan fingerprint density at radius 2 is 2.26 bits per heavy atom. The van der Waals surface area contributed by atoms with Crippen molar-refractivity contribution in [3.8, 4) is 0 Å². The molecule has 0 unspecified atom stereocenters. The highest BCUT2D eigenvalue weighted by molar-refractivity contribution is 7.09. The van der Waals surface area contributed by atoms with Crippen molar-refractivity contribution in [3.63, 3.8) is 0 Å². The summed E-state index contributed by atoms with van der Waals surface area (Å²) in [6, 6.07) is 4.14. The zero-order chi connectivity index (χ0) is 13.5. The first-order valence-corrected chi connectivity index (χ1v) is 7.05. The van der Waals surface area contributed by atoms with E-state index in [2.05, 4.69) is 44.2 Å². The van der Waals surface area contributed by atoms with Gasteiger partial charge in [0.1, 0.15) is 6.33 Å². The van der Waals surface area contributed by atoms with E-state index in [0.29, 0.717) is 6.54 Å². The van der Waals surface area contributed by atoms with Crippen molar-refractivity contribution in [2.24, 2.45) is 4.99 Å². The van der Waals surface area contributed by atoms with Gasteiger partial charge in [0.05, 0.1) is 13.1 Å². The fraction of sp³-hybridized carbons (Fsp3) is 0.417. The Bertz CT molecular complexity index is 516. The number of nitrogens with zero attached hydrogens (tertiary/aromatic N) is 4. The smallest absolute Gasteiger partial charge is 0.191 e. The summed E-state index contributed by atoms with van der Waals surface area (Å²) in [7, 11) is 1.76. The van der Waals surface area contributed by atoms with Crippen molar-refractivity contribution in [2.45, 2.75) is 26.6 Å². The molecule has 2 heterocycles. The maximum Gasteiger partial charge on any atom is 0.191 e. The van der Waals surface area contributed by atoms with E-state index in [0.717, 1.165) is 24.9 Å². The highest BCUT2D eigenvalue weighted by Gasteiger charge is 2.04. The molecule has 0 amide bonds. The molecular weight excluding hydrogens is 260 g/mol. The zero-order valence-corrected chi connectivity index (χ0v) is 11.9. The van der Waals surface area contributed by atoms with Gasteiger partial charge in [-0.2, -0.15) is 0 Å². The lowest BCUT2D eigenvalue weighted by atomic mass is 10.4. The van der Waals surface area contributed by atoms with Gasteiger partial charge in [-0.15, -0.1) is 21.5 Å². The number of thiophene rings is 1. The number of hydrogen-bond donors (Lipinski definition) is 2. The molecule has 0 fully saturated rings. The van der Waals surface area contributed by atoms with Gasteiger partial charge in [0, 0.05) is 18.5 Å². The number of nitrogens with one attached hydrogen (secondary N) is 2. The maximum absolute atomic E-state index is 4.18. The second kappa shape index (κ2) is 6.89. The summed E-state index contributed by atoms with van der Waals surface area (Å²) in [4.78, 5) is 5.46. The molecule has 0 aromatic carbocycles. The van der Waals surface area contributed by atoms with Crippen LogP contribution in [-0.4, -0.2) is 27.8 Å². The largest absolute Gasteiger partial charge is 0.352 e. The third-order valence-electron chi connectivity index (χ3n) is 2.68. The number of aromatic nitrogens is 3. The predicted molar refractivity (Wildman–Crippen MR) is 77.1 cm³/mol. The van der Waals surface area contributed by atoms with Crippen LogP contribution in [0.1, 0.15) is 17.6 Å². The summed E-state index contributed by atoms with van der Waals surface area (Å²) in [6.07, 6.45) is 1.73. The Kier molecular flexibility index (Phi) is 4.91. The molecule has 0 aliphatic heterocycles. The van der Waals surface area contributed by atoms with E-state index in [4.69, 9.17) is 0 Å². The molecule has 7 heteroatoms. The Morgan fingerprint density at radius 1 is 1.42 bits per heavy atom. The lowest BCUT2D eigenvalue weighted by molar-refractivity contribution is 0.670. The Hall–Kier alpha value is -1.89. The van der Waals surface area contributed by atoms with Gasteiger partial charge in [0.25, 0.3) is 0 Å². The highest BCUT2D eigenvalue weighted by Crippen LogP contribution is 2.07. The van der Waals surface area contributed by atoms with Crippen molar-refractivity contribution in [1.29, 1.82) is 0 Å². The molecule has 0 aliphatic rings. The predicted octanol–water partition coefficient (Wildman–Crippen LogP) is 1.22. The first-order chi connectivity index (χ1) is 9.33. The van der Waals surface area contributed by atoms with E-state index < -0.39 is 0 Å². The Labute approximate surface area is 116 Å². The SMILES string of the molecule is CCn1cnnc1CNC(=NC)NCc1cccs1. The second-order valence-corrected chi connectivity index (χ2v) is 4.92. The minimum absolute atomic E-state index is 0.609. The number of hydrogen-bond acceptors (Lipinski definition) is 4. The molecule has 0 spiro atoms. The van der Waals surface area contributed by atoms with Crippen LogP contribution in [0, 0.1) is 0 Å². The van der Waals surface area contributed by atoms with E-state index >= 15 is 0 Å². The van der Waals surface area contributed by atoms with Gasteiger partial charge < -0.3 is 15.2 Å². The number of rotatable bonds is 5. The first-order valence-electron chi connectivity index (χ1n) is 6.17. The second-order valence-electron chi connectivity index (χ2n) is 3.89. The van der Waals surface area contributed by atoms with Crippen LogP contribution in [0.4, 0.5) is 0 Å². The molecule has 2 N–H and O–H groups in total. The Morgan fingerprint density at radius 3 is 2.95 bits per heavy atom. The maximum atomic E-state index is 4.18. The van der Waals surface area contributed by atoms with Crippen LogP contribution in [0.3, 0.4) is 0 Å². The minimum Gasteiger partial charge on any atom is -0.352 e. The monoisotopic (exact) mass is 278 g/mol. The molecule has 2 aromatic heterocycles. The quantitative estimate of drug-likeness (QED) is 0.637. The van der Waals surface area contributed by atoms with E-state index in [1.54, 1.807) is 24.7 Å². The van der Waals surface area contributed by atoms with Gasteiger partial charge in [-0.3, -0.25) is 4.99 Å². The molecular formula is C12H18N6S. The summed E-state index contributed by atoms with van der Waals surface area (Å²) in [5.41, 5.74) is 0. The van der Waals surface area contributed by atoms with Crippen LogP contribution >= 0.6 is 11.3 Å². The lowest BCUT2D eigenvalue weighted by Crippen LogP contribution is -2.36. The Balaban J connectivity index is 1.83. The molecule has 0 saturated carbocycles. The van der Waals surface area contributed by atoms with Crippen LogP contribution in [0.25, 0.3) is 0 Å². The molecule has 6 nitrogen and oxygen atoms in total. The molecule has 0 saturated heterocycles. The lowest BCUT2D eigenvalue weighted by Gasteiger charge is -2.11. The summed E-state index contributed by atoms with van der Waals surface area (Å²) >= 11 is 1.73. The normalized spacial score (nSPS) is 11.6. The van der Waals surface area contributed by atoms with Crippen LogP contribution in [0.2, 0.25) is 0 Å². The van der Waals surface area contributed by atoms with Gasteiger partial charge in [0.15, 0.2) is 11.8 Å².